The van der Waals surface area contributed by atoms with Gasteiger partial charge < -0.3 is 14.6 Å². The fourth-order valence-electron chi connectivity index (χ4n) is 0.831. The van der Waals surface area contributed by atoms with Gasteiger partial charge in [-0.3, -0.25) is 0 Å². The SMILES string of the molecule is O=C(O)c1ccc(S(=O)(=O)NCCO)o1. The van der Waals surface area contributed by atoms with Gasteiger partial charge in [-0.15, -0.1) is 0 Å². The van der Waals surface area contributed by atoms with Crippen LogP contribution in [-0.2, 0) is 10.0 Å². The summed E-state index contributed by atoms with van der Waals surface area (Å²) < 4.78 is 29.2. The number of carboxylic acid groups (broad SMARTS) is 1. The van der Waals surface area contributed by atoms with Crippen LogP contribution in [0.2, 0.25) is 0 Å². The Bertz CT molecular complexity index is 448. The van der Waals surface area contributed by atoms with E-state index in [4.69, 9.17) is 10.2 Å². The van der Waals surface area contributed by atoms with Crippen molar-refractivity contribution in [2.45, 2.75) is 5.09 Å². The van der Waals surface area contributed by atoms with Crippen molar-refractivity contribution < 1.29 is 27.8 Å². The second-order valence-corrected chi connectivity index (χ2v) is 4.24. The molecule has 0 aliphatic heterocycles. The minimum atomic E-state index is -3.88. The third-order valence-corrected chi connectivity index (χ3v) is 2.79. The number of nitrogens with one attached hydrogen (secondary N) is 1. The molecule has 84 valence electrons. The maximum Gasteiger partial charge on any atom is 0.371 e. The van der Waals surface area contributed by atoms with Crippen molar-refractivity contribution in [1.82, 2.24) is 4.72 Å². The lowest BCUT2D eigenvalue weighted by Crippen LogP contribution is -2.26. The van der Waals surface area contributed by atoms with Crippen LogP contribution in [0.15, 0.2) is 21.6 Å². The van der Waals surface area contributed by atoms with Crippen molar-refractivity contribution >= 4 is 16.0 Å². The summed E-state index contributed by atoms with van der Waals surface area (Å²) in [5.41, 5.74) is 0. The molecular formula is C7H9NO6S. The lowest BCUT2D eigenvalue weighted by atomic mass is 10.5. The highest BCUT2D eigenvalue weighted by molar-refractivity contribution is 7.89. The summed E-state index contributed by atoms with van der Waals surface area (Å²) in [6, 6.07) is 2.07. The van der Waals surface area contributed by atoms with E-state index in [0.717, 1.165) is 12.1 Å². The molecule has 1 heterocycles. The van der Waals surface area contributed by atoms with Gasteiger partial charge in [0.1, 0.15) is 0 Å². The molecular weight excluding hydrogens is 226 g/mol. The minimum Gasteiger partial charge on any atom is -0.475 e. The topological polar surface area (TPSA) is 117 Å². The Labute approximate surface area is 85.4 Å². The van der Waals surface area contributed by atoms with E-state index in [0.29, 0.717) is 0 Å². The molecule has 8 heteroatoms. The Hall–Kier alpha value is -1.38. The van der Waals surface area contributed by atoms with Gasteiger partial charge in [0.05, 0.1) is 6.61 Å². The van der Waals surface area contributed by atoms with Gasteiger partial charge in [0.25, 0.3) is 10.0 Å². The van der Waals surface area contributed by atoms with Crippen molar-refractivity contribution in [3.63, 3.8) is 0 Å². The van der Waals surface area contributed by atoms with E-state index in [1.54, 1.807) is 0 Å². The van der Waals surface area contributed by atoms with Gasteiger partial charge in [-0.25, -0.2) is 17.9 Å². The van der Waals surface area contributed by atoms with Crippen LogP contribution in [0.4, 0.5) is 0 Å². The Morgan fingerprint density at radius 1 is 1.47 bits per heavy atom. The zero-order valence-corrected chi connectivity index (χ0v) is 8.32. The molecule has 0 aliphatic carbocycles. The van der Waals surface area contributed by atoms with Gasteiger partial charge in [-0.2, -0.15) is 0 Å². The second kappa shape index (κ2) is 4.43. The molecule has 0 amide bonds. The van der Waals surface area contributed by atoms with Crippen molar-refractivity contribution in [1.29, 1.82) is 0 Å². The number of hydrogen-bond donors (Lipinski definition) is 3. The Kier molecular flexibility index (Phi) is 3.45. The van der Waals surface area contributed by atoms with E-state index >= 15 is 0 Å². The van der Waals surface area contributed by atoms with E-state index in [9.17, 15) is 13.2 Å². The van der Waals surface area contributed by atoms with Crippen LogP contribution >= 0.6 is 0 Å². The Morgan fingerprint density at radius 3 is 2.60 bits per heavy atom. The summed E-state index contributed by atoms with van der Waals surface area (Å²) >= 11 is 0. The number of furan rings is 1. The molecule has 0 unspecified atom stereocenters. The summed E-state index contributed by atoms with van der Waals surface area (Å²) in [6.45, 7) is -0.517. The first-order chi connectivity index (χ1) is 6.97. The number of rotatable bonds is 5. The van der Waals surface area contributed by atoms with Gasteiger partial charge in [0, 0.05) is 6.54 Å². The molecule has 0 spiro atoms. The maximum atomic E-state index is 11.3. The first kappa shape index (κ1) is 11.7. The molecule has 0 radical (unpaired) electrons. The first-order valence-electron chi connectivity index (χ1n) is 3.91. The highest BCUT2D eigenvalue weighted by atomic mass is 32.2. The van der Waals surface area contributed by atoms with E-state index in [2.05, 4.69) is 4.42 Å². The van der Waals surface area contributed by atoms with Gasteiger partial charge in [-0.05, 0) is 12.1 Å². The predicted octanol–water partition coefficient (Wildman–Crippen LogP) is -0.752. The van der Waals surface area contributed by atoms with Gasteiger partial charge in [0.2, 0.25) is 10.9 Å². The molecule has 0 saturated heterocycles. The van der Waals surface area contributed by atoms with Gasteiger partial charge in [-0.1, -0.05) is 0 Å². The van der Waals surface area contributed by atoms with Gasteiger partial charge in [0.15, 0.2) is 0 Å². The number of sulfonamides is 1. The first-order valence-corrected chi connectivity index (χ1v) is 5.39. The monoisotopic (exact) mass is 235 g/mol. The lowest BCUT2D eigenvalue weighted by molar-refractivity contribution is 0.0656. The van der Waals surface area contributed by atoms with E-state index < -0.39 is 26.8 Å². The van der Waals surface area contributed by atoms with Crippen LogP contribution in [0, 0.1) is 0 Å². The maximum absolute atomic E-state index is 11.3. The average Bonchev–Trinajstić information content (AvgIpc) is 2.64. The average molecular weight is 235 g/mol. The quantitative estimate of drug-likeness (QED) is 0.618. The molecule has 0 aliphatic rings. The fraction of sp³-hybridized carbons (Fsp3) is 0.286. The van der Waals surface area contributed by atoms with Crippen LogP contribution < -0.4 is 4.72 Å². The number of aliphatic hydroxyl groups is 1. The van der Waals surface area contributed by atoms with E-state index in [1.165, 1.54) is 0 Å². The third kappa shape index (κ3) is 2.78. The number of carboxylic acids is 1. The molecule has 0 atom stereocenters. The van der Waals surface area contributed by atoms with Crippen molar-refractivity contribution in [2.75, 3.05) is 13.2 Å². The lowest BCUT2D eigenvalue weighted by Gasteiger charge is -2.00. The van der Waals surface area contributed by atoms with E-state index in [1.807, 2.05) is 4.72 Å². The van der Waals surface area contributed by atoms with Crippen LogP contribution in [-0.4, -0.2) is 37.8 Å². The molecule has 0 aromatic carbocycles. The van der Waals surface area contributed by atoms with Crippen LogP contribution in [0.5, 0.6) is 0 Å². The van der Waals surface area contributed by atoms with Crippen LogP contribution in [0.3, 0.4) is 0 Å². The van der Waals surface area contributed by atoms with Crippen molar-refractivity contribution in [2.24, 2.45) is 0 Å². The third-order valence-electron chi connectivity index (χ3n) is 1.46. The molecule has 0 saturated carbocycles. The number of aromatic carboxylic acids is 1. The van der Waals surface area contributed by atoms with Gasteiger partial charge >= 0.3 is 5.97 Å². The van der Waals surface area contributed by atoms with E-state index in [-0.39, 0.29) is 13.2 Å². The summed E-state index contributed by atoms with van der Waals surface area (Å²) in [6.07, 6.45) is 0. The highest BCUT2D eigenvalue weighted by Gasteiger charge is 2.19. The molecule has 0 bridgehead atoms. The molecule has 15 heavy (non-hydrogen) atoms. The zero-order valence-electron chi connectivity index (χ0n) is 7.50. The molecule has 3 N–H and O–H groups in total. The molecule has 7 nitrogen and oxygen atoms in total. The normalized spacial score (nSPS) is 11.5. The largest absolute Gasteiger partial charge is 0.475 e. The highest BCUT2D eigenvalue weighted by Crippen LogP contribution is 2.13. The predicted molar refractivity (Wildman–Crippen MR) is 47.9 cm³/mol. The minimum absolute atomic E-state index is 0.161. The summed E-state index contributed by atoms with van der Waals surface area (Å²) in [5.74, 6) is -1.81. The molecule has 1 aromatic rings. The Morgan fingerprint density at radius 2 is 2.13 bits per heavy atom. The number of hydrogen-bond acceptors (Lipinski definition) is 5. The molecule has 1 aromatic heterocycles. The standard InChI is InChI=1S/C7H9NO6S/c9-4-3-8-15(12,13)6-2-1-5(14-6)7(10)11/h1-2,8-9H,3-4H2,(H,10,11). The Balaban J connectivity index is 2.91. The summed E-state index contributed by atoms with van der Waals surface area (Å²) in [7, 11) is -3.88. The smallest absolute Gasteiger partial charge is 0.371 e. The summed E-state index contributed by atoms with van der Waals surface area (Å²) in [4.78, 5) is 10.4. The number of aliphatic hydroxyl groups excluding tert-OH is 1. The van der Waals surface area contributed by atoms with Crippen molar-refractivity contribution in [3.05, 3.63) is 17.9 Å². The van der Waals surface area contributed by atoms with Crippen LogP contribution in [0.1, 0.15) is 10.6 Å². The number of carbonyl (C=O) groups is 1. The molecule has 0 fully saturated rings. The summed E-state index contributed by atoms with van der Waals surface area (Å²) in [5, 5.41) is 16.4. The zero-order chi connectivity index (χ0) is 11.5. The fourth-order valence-corrected chi connectivity index (χ4v) is 1.78. The van der Waals surface area contributed by atoms with Crippen LogP contribution in [0.25, 0.3) is 0 Å². The van der Waals surface area contributed by atoms with Crippen molar-refractivity contribution in [3.8, 4) is 0 Å². The molecule has 1 rings (SSSR count). The second-order valence-electron chi connectivity index (χ2n) is 2.55.